The minimum Gasteiger partial charge on any atom is -0.340 e. The number of carbonyl (C=O) groups excluding carboxylic acids is 1. The highest BCUT2D eigenvalue weighted by molar-refractivity contribution is 5.76. The molecule has 2 aromatic heterocycles. The molecule has 1 fully saturated rings. The topological polar surface area (TPSA) is 98.1 Å². The number of nitrogens with two attached hydrogens (primary N) is 1. The van der Waals surface area contributed by atoms with Crippen LogP contribution in [0.15, 0.2) is 59.4 Å². The Labute approximate surface area is 163 Å². The summed E-state index contributed by atoms with van der Waals surface area (Å²) in [5.41, 5.74) is 8.34. The predicted octanol–water partition coefficient (Wildman–Crippen LogP) is 2.41. The summed E-state index contributed by atoms with van der Waals surface area (Å²) in [4.78, 5) is 22.8. The first kappa shape index (κ1) is 18.3. The van der Waals surface area contributed by atoms with Crippen molar-refractivity contribution in [2.24, 2.45) is 5.73 Å². The highest BCUT2D eigenvalue weighted by Crippen LogP contribution is 2.27. The molecule has 2 unspecified atom stereocenters. The van der Waals surface area contributed by atoms with E-state index in [1.165, 1.54) is 5.56 Å². The van der Waals surface area contributed by atoms with E-state index in [2.05, 4.69) is 27.3 Å². The highest BCUT2D eigenvalue weighted by Gasteiger charge is 2.33. The number of hydrogen-bond donors (Lipinski definition) is 1. The molecule has 7 nitrogen and oxygen atoms in total. The van der Waals surface area contributed by atoms with E-state index in [-0.39, 0.29) is 17.9 Å². The van der Waals surface area contributed by atoms with Gasteiger partial charge in [-0.25, -0.2) is 0 Å². The zero-order valence-corrected chi connectivity index (χ0v) is 15.6. The van der Waals surface area contributed by atoms with Crippen LogP contribution >= 0.6 is 0 Å². The molecule has 3 heterocycles. The van der Waals surface area contributed by atoms with E-state index < -0.39 is 0 Å². The molecular formula is C21H23N5O2. The van der Waals surface area contributed by atoms with Crippen molar-refractivity contribution in [2.45, 2.75) is 31.2 Å². The number of aryl methyl sites for hydroxylation is 1. The smallest absolute Gasteiger partial charge is 0.226 e. The third-order valence-corrected chi connectivity index (χ3v) is 5.13. The third kappa shape index (κ3) is 4.09. The highest BCUT2D eigenvalue weighted by atomic mass is 16.5. The first-order valence-electron chi connectivity index (χ1n) is 9.52. The maximum absolute atomic E-state index is 12.6. The largest absolute Gasteiger partial charge is 0.340 e. The van der Waals surface area contributed by atoms with Gasteiger partial charge in [0.05, 0.1) is 0 Å². The monoisotopic (exact) mass is 377 g/mol. The second-order valence-corrected chi connectivity index (χ2v) is 7.08. The third-order valence-electron chi connectivity index (χ3n) is 5.13. The van der Waals surface area contributed by atoms with Crippen molar-refractivity contribution in [3.8, 4) is 11.4 Å². The molecule has 1 aromatic carbocycles. The first-order valence-corrected chi connectivity index (χ1v) is 9.52. The molecule has 4 rings (SSSR count). The van der Waals surface area contributed by atoms with Crippen LogP contribution < -0.4 is 5.73 Å². The van der Waals surface area contributed by atoms with Crippen LogP contribution in [0.1, 0.15) is 30.2 Å². The zero-order chi connectivity index (χ0) is 19.3. The van der Waals surface area contributed by atoms with Crippen molar-refractivity contribution in [3.63, 3.8) is 0 Å². The molecule has 28 heavy (non-hydrogen) atoms. The number of amides is 1. The van der Waals surface area contributed by atoms with Crippen LogP contribution in [0.4, 0.5) is 0 Å². The molecular weight excluding hydrogens is 354 g/mol. The van der Waals surface area contributed by atoms with Gasteiger partial charge in [-0.1, -0.05) is 35.5 Å². The van der Waals surface area contributed by atoms with Gasteiger partial charge in [-0.15, -0.1) is 0 Å². The van der Waals surface area contributed by atoms with Crippen LogP contribution in [0.25, 0.3) is 11.4 Å². The SMILES string of the molecule is NC1CN(C(=O)CCCc2nc(-c3ccncc3)no2)CC1c1ccccc1. The second-order valence-electron chi connectivity index (χ2n) is 7.08. The number of nitrogens with zero attached hydrogens (tertiary/aromatic N) is 4. The molecule has 0 radical (unpaired) electrons. The Kier molecular flexibility index (Phi) is 5.43. The van der Waals surface area contributed by atoms with Gasteiger partial charge in [0.15, 0.2) is 0 Å². The van der Waals surface area contributed by atoms with Gasteiger partial charge in [0.2, 0.25) is 17.6 Å². The minimum absolute atomic E-state index is 0.0230. The molecule has 0 aliphatic carbocycles. The van der Waals surface area contributed by atoms with Gasteiger partial charge in [0.1, 0.15) is 0 Å². The molecule has 1 saturated heterocycles. The molecule has 0 saturated carbocycles. The Morgan fingerprint density at radius 2 is 1.93 bits per heavy atom. The lowest BCUT2D eigenvalue weighted by molar-refractivity contribution is -0.130. The normalized spacial score (nSPS) is 19.1. The second kappa shape index (κ2) is 8.31. The van der Waals surface area contributed by atoms with Crippen LogP contribution in [0.3, 0.4) is 0 Å². The maximum atomic E-state index is 12.6. The summed E-state index contributed by atoms with van der Waals surface area (Å²) in [5, 5.41) is 3.99. The number of pyridine rings is 1. The van der Waals surface area contributed by atoms with Gasteiger partial charge in [-0.05, 0) is 24.1 Å². The molecule has 7 heteroatoms. The molecule has 2 N–H and O–H groups in total. The van der Waals surface area contributed by atoms with E-state index >= 15 is 0 Å². The van der Waals surface area contributed by atoms with E-state index in [0.717, 1.165) is 5.56 Å². The first-order chi connectivity index (χ1) is 13.7. The molecule has 1 amide bonds. The lowest BCUT2D eigenvalue weighted by Crippen LogP contribution is -2.32. The van der Waals surface area contributed by atoms with E-state index in [1.807, 2.05) is 35.2 Å². The molecule has 3 aromatic rings. The average molecular weight is 377 g/mol. The molecule has 1 aliphatic heterocycles. The Balaban J connectivity index is 1.28. The van der Waals surface area contributed by atoms with Crippen LogP contribution in [-0.2, 0) is 11.2 Å². The molecule has 144 valence electrons. The van der Waals surface area contributed by atoms with E-state index in [9.17, 15) is 4.79 Å². The summed E-state index contributed by atoms with van der Waals surface area (Å²) in [6, 6.07) is 13.8. The van der Waals surface area contributed by atoms with Gasteiger partial charge < -0.3 is 15.2 Å². The standard InChI is InChI=1S/C21H23N5O2/c22-18-14-26(13-17(18)15-5-2-1-3-6-15)20(27)8-4-7-19-24-21(25-28-19)16-9-11-23-12-10-16/h1-3,5-6,9-12,17-18H,4,7-8,13-14,22H2. The number of hydrogen-bond acceptors (Lipinski definition) is 6. The average Bonchev–Trinajstić information content (AvgIpc) is 3.36. The van der Waals surface area contributed by atoms with Crippen molar-refractivity contribution in [1.82, 2.24) is 20.0 Å². The van der Waals surface area contributed by atoms with E-state index in [4.69, 9.17) is 10.3 Å². The van der Waals surface area contributed by atoms with Crippen LogP contribution in [0.5, 0.6) is 0 Å². The van der Waals surface area contributed by atoms with Crippen molar-refractivity contribution >= 4 is 5.91 Å². The van der Waals surface area contributed by atoms with Gasteiger partial charge >= 0.3 is 0 Å². The predicted molar refractivity (Wildman–Crippen MR) is 104 cm³/mol. The van der Waals surface area contributed by atoms with Gasteiger partial charge in [-0.3, -0.25) is 9.78 Å². The summed E-state index contributed by atoms with van der Waals surface area (Å²) in [6.07, 6.45) is 5.06. The van der Waals surface area contributed by atoms with Gasteiger partial charge in [0, 0.05) is 55.8 Å². The van der Waals surface area contributed by atoms with Crippen LogP contribution in [-0.4, -0.2) is 45.1 Å². The Morgan fingerprint density at radius 3 is 2.71 bits per heavy atom. The molecule has 2 atom stereocenters. The fourth-order valence-corrected chi connectivity index (χ4v) is 3.61. The lowest BCUT2D eigenvalue weighted by Gasteiger charge is -2.16. The Bertz CT molecular complexity index is 913. The summed E-state index contributed by atoms with van der Waals surface area (Å²) in [6.45, 7) is 1.28. The van der Waals surface area contributed by atoms with Crippen LogP contribution in [0, 0.1) is 0 Å². The molecule has 0 bridgehead atoms. The van der Waals surface area contributed by atoms with E-state index in [0.29, 0.717) is 44.1 Å². The number of aromatic nitrogens is 3. The minimum atomic E-state index is -0.0230. The van der Waals surface area contributed by atoms with Crippen molar-refractivity contribution < 1.29 is 9.32 Å². The number of likely N-dealkylation sites (tertiary alicyclic amines) is 1. The number of rotatable bonds is 6. The Hall–Kier alpha value is -3.06. The fourth-order valence-electron chi connectivity index (χ4n) is 3.61. The maximum Gasteiger partial charge on any atom is 0.226 e. The summed E-state index contributed by atoms with van der Waals surface area (Å²) < 4.78 is 5.29. The Morgan fingerprint density at radius 1 is 1.14 bits per heavy atom. The van der Waals surface area contributed by atoms with Gasteiger partial charge in [0.25, 0.3) is 0 Å². The van der Waals surface area contributed by atoms with Crippen LogP contribution in [0.2, 0.25) is 0 Å². The number of benzene rings is 1. The quantitative estimate of drug-likeness (QED) is 0.708. The zero-order valence-electron chi connectivity index (χ0n) is 15.6. The van der Waals surface area contributed by atoms with Gasteiger partial charge in [-0.2, -0.15) is 4.98 Å². The number of carbonyl (C=O) groups is 1. The molecule has 1 aliphatic rings. The van der Waals surface area contributed by atoms with Crippen molar-refractivity contribution in [3.05, 3.63) is 66.3 Å². The van der Waals surface area contributed by atoms with Crippen molar-refractivity contribution in [1.29, 1.82) is 0 Å². The lowest BCUT2D eigenvalue weighted by atomic mass is 9.95. The molecule has 0 spiro atoms. The fraction of sp³-hybridized carbons (Fsp3) is 0.333. The van der Waals surface area contributed by atoms with E-state index in [1.54, 1.807) is 12.4 Å². The summed E-state index contributed by atoms with van der Waals surface area (Å²) >= 11 is 0. The summed E-state index contributed by atoms with van der Waals surface area (Å²) in [5.74, 6) is 1.41. The van der Waals surface area contributed by atoms with Crippen molar-refractivity contribution in [2.75, 3.05) is 13.1 Å². The summed E-state index contributed by atoms with van der Waals surface area (Å²) in [7, 11) is 0.